The zero-order valence-corrected chi connectivity index (χ0v) is 54.3. The molecule has 22 heteroatoms. The number of aromatic carboxylic acids is 1. The summed E-state index contributed by atoms with van der Waals surface area (Å²) < 4.78 is 29.1. The van der Waals surface area contributed by atoms with Crippen molar-refractivity contribution in [1.29, 1.82) is 0 Å². The molecule has 10 rings (SSSR count). The van der Waals surface area contributed by atoms with Gasteiger partial charge in [0.2, 0.25) is 0 Å². The monoisotopic (exact) mass is 1250 g/mol. The normalized spacial score (nSPS) is 10.1. The minimum atomic E-state index is -0.916. The van der Waals surface area contributed by atoms with E-state index in [1.54, 1.807) is 67.6 Å². The van der Waals surface area contributed by atoms with E-state index in [-0.39, 0.29) is 17.4 Å². The number of carbonyl (C=O) groups excluding carboxylic acids is 4. The summed E-state index contributed by atoms with van der Waals surface area (Å²) in [4.78, 5) is 55.6. The smallest absolute Gasteiger partial charge is 0.337 e. The fourth-order valence-corrected chi connectivity index (χ4v) is 8.35. The summed E-state index contributed by atoms with van der Waals surface area (Å²) in [5.74, 6) is 1.23. The first-order valence-electron chi connectivity index (χ1n) is 29.0. The van der Waals surface area contributed by atoms with Gasteiger partial charge in [-0.15, -0.1) is 0 Å². The second-order valence-corrected chi connectivity index (χ2v) is 21.0. The second-order valence-electron chi connectivity index (χ2n) is 21.0. The SMILES string of the molecule is COC(=O)c1ccc(C=O)cc1.COC(=O)c1ccc(CNc2c(C)noc2C)cc1.Cc1cccc(N)c1C.Cc1cccc(NC(=O)c2ccc(CNc3c(C)noc3C)cc2)c1C.Cc1noc(C)c1N.Cc1noc(C)c1NCc1ccc(C(=O)O)cc1. The summed E-state index contributed by atoms with van der Waals surface area (Å²) in [7, 11) is 2.69. The number of esters is 2. The molecule has 0 fully saturated rings. The third-order valence-corrected chi connectivity index (χ3v) is 14.4. The maximum absolute atomic E-state index is 12.5. The predicted molar refractivity (Wildman–Crippen MR) is 355 cm³/mol. The molecule has 0 aliphatic carbocycles. The molecule has 0 saturated heterocycles. The van der Waals surface area contributed by atoms with Crippen molar-refractivity contribution in [2.45, 2.75) is 103 Å². The van der Waals surface area contributed by atoms with Crippen molar-refractivity contribution >= 4 is 64.2 Å². The number of amides is 1. The Morgan fingerprint density at radius 2 is 0.815 bits per heavy atom. The Balaban J connectivity index is 0.000000209. The van der Waals surface area contributed by atoms with E-state index in [9.17, 15) is 24.0 Å². The van der Waals surface area contributed by atoms with Crippen LogP contribution in [0, 0.1) is 83.1 Å². The van der Waals surface area contributed by atoms with Gasteiger partial charge in [0.25, 0.3) is 5.91 Å². The Bertz CT molecular complexity index is 3940. The van der Waals surface area contributed by atoms with E-state index >= 15 is 0 Å². The number of hydrogen-bond acceptors (Lipinski definition) is 20. The summed E-state index contributed by atoms with van der Waals surface area (Å²) in [6.45, 7) is 24.9. The first-order valence-corrected chi connectivity index (χ1v) is 29.0. The molecule has 4 aromatic heterocycles. The van der Waals surface area contributed by atoms with Crippen LogP contribution in [0.15, 0.2) is 152 Å². The average molecular weight is 1250 g/mol. The van der Waals surface area contributed by atoms with Crippen molar-refractivity contribution in [2.24, 2.45) is 0 Å². The lowest BCUT2D eigenvalue weighted by molar-refractivity contribution is 0.0592. The van der Waals surface area contributed by atoms with Gasteiger partial charge in [-0.2, -0.15) is 0 Å². The maximum atomic E-state index is 12.5. The highest BCUT2D eigenvalue weighted by Gasteiger charge is 2.14. The van der Waals surface area contributed by atoms with Crippen LogP contribution in [-0.4, -0.2) is 70.1 Å². The minimum Gasteiger partial charge on any atom is -0.478 e. The van der Waals surface area contributed by atoms with Gasteiger partial charge in [-0.1, -0.05) is 93.4 Å². The molecule has 4 heterocycles. The van der Waals surface area contributed by atoms with Crippen LogP contribution in [0.4, 0.5) is 34.1 Å². The number of anilines is 6. The number of rotatable bonds is 15. The number of aromatic nitrogens is 4. The van der Waals surface area contributed by atoms with Crippen molar-refractivity contribution in [3.63, 3.8) is 0 Å². The van der Waals surface area contributed by atoms with E-state index in [1.165, 1.54) is 25.3 Å². The van der Waals surface area contributed by atoms with Gasteiger partial charge in [0, 0.05) is 42.1 Å². The van der Waals surface area contributed by atoms with Gasteiger partial charge in [-0.25, -0.2) is 14.4 Å². The Hall–Kier alpha value is -11.3. The fourth-order valence-electron chi connectivity index (χ4n) is 8.35. The van der Waals surface area contributed by atoms with E-state index in [1.807, 2.05) is 136 Å². The zero-order chi connectivity index (χ0) is 67.6. The summed E-state index contributed by atoms with van der Waals surface area (Å²) in [6, 6.07) is 39.7. The Morgan fingerprint density at radius 1 is 0.457 bits per heavy atom. The molecule has 0 atom stereocenters. The first-order chi connectivity index (χ1) is 43.8. The van der Waals surface area contributed by atoms with Crippen LogP contribution in [-0.2, 0) is 29.1 Å². The summed E-state index contributed by atoms with van der Waals surface area (Å²) in [6.07, 6.45) is 0.723. The topological polar surface area (TPSA) is 328 Å². The highest BCUT2D eigenvalue weighted by Crippen LogP contribution is 2.24. The quantitative estimate of drug-likeness (QED) is 0.0285. The van der Waals surface area contributed by atoms with Crippen LogP contribution in [0.2, 0.25) is 0 Å². The number of ether oxygens (including phenoxy) is 2. The van der Waals surface area contributed by atoms with Crippen LogP contribution < -0.4 is 32.7 Å². The van der Waals surface area contributed by atoms with Gasteiger partial charge < -0.3 is 65.4 Å². The molecule has 0 spiro atoms. The number of nitrogen functional groups attached to an aromatic ring is 2. The van der Waals surface area contributed by atoms with Gasteiger partial charge in [-0.05, 0) is 183 Å². The van der Waals surface area contributed by atoms with Gasteiger partial charge >= 0.3 is 17.9 Å². The molecule has 0 radical (unpaired) electrons. The van der Waals surface area contributed by atoms with Crippen LogP contribution in [0.25, 0.3) is 0 Å². The van der Waals surface area contributed by atoms with E-state index in [0.717, 1.165) is 103 Å². The highest BCUT2D eigenvalue weighted by atomic mass is 16.5. The van der Waals surface area contributed by atoms with E-state index in [4.69, 9.17) is 34.7 Å². The molecular weight excluding hydrogens is 1170 g/mol. The van der Waals surface area contributed by atoms with Gasteiger partial charge in [0.15, 0.2) is 23.0 Å². The molecule has 0 aliphatic heterocycles. The van der Waals surface area contributed by atoms with Crippen molar-refractivity contribution in [3.8, 4) is 0 Å². The number of nitrogens with two attached hydrogens (primary N) is 2. The van der Waals surface area contributed by atoms with Crippen molar-refractivity contribution < 1.29 is 56.6 Å². The predicted octanol–water partition coefficient (Wildman–Crippen LogP) is 14.1. The lowest BCUT2D eigenvalue weighted by Crippen LogP contribution is -2.13. The molecular formula is C70H80N10O12. The van der Waals surface area contributed by atoms with Crippen molar-refractivity contribution in [3.05, 3.63) is 246 Å². The van der Waals surface area contributed by atoms with Crippen LogP contribution in [0.5, 0.6) is 0 Å². The molecule has 22 nitrogen and oxygen atoms in total. The number of methoxy groups -OCH3 is 2. The van der Waals surface area contributed by atoms with Crippen molar-refractivity contribution in [2.75, 3.05) is 47.0 Å². The number of nitrogens with zero attached hydrogens (tertiary/aromatic N) is 4. The maximum Gasteiger partial charge on any atom is 0.337 e. The molecule has 0 unspecified atom stereocenters. The third kappa shape index (κ3) is 21.2. The number of carbonyl (C=O) groups is 5. The second kappa shape index (κ2) is 35.0. The Labute approximate surface area is 535 Å². The largest absolute Gasteiger partial charge is 0.478 e. The zero-order valence-electron chi connectivity index (χ0n) is 54.3. The van der Waals surface area contributed by atoms with Crippen LogP contribution >= 0.6 is 0 Å². The minimum absolute atomic E-state index is 0.107. The molecule has 1 amide bonds. The number of hydrogen-bond donors (Lipinski definition) is 7. The number of aryl methyl sites for hydroxylation is 10. The molecule has 0 aliphatic rings. The highest BCUT2D eigenvalue weighted by molar-refractivity contribution is 6.04. The number of carboxylic acid groups (broad SMARTS) is 1. The molecule has 9 N–H and O–H groups in total. The van der Waals surface area contributed by atoms with Crippen LogP contribution in [0.3, 0.4) is 0 Å². The lowest BCUT2D eigenvalue weighted by Gasteiger charge is -2.11. The molecule has 10 aromatic rings. The summed E-state index contributed by atoms with van der Waals surface area (Å²) in [5.41, 5.74) is 29.7. The molecule has 0 bridgehead atoms. The Kier molecular flexibility index (Phi) is 27.2. The fraction of sp³-hybridized carbons (Fsp3) is 0.243. The number of benzene rings is 6. The lowest BCUT2D eigenvalue weighted by atomic mass is 10.1. The molecule has 6 aromatic carbocycles. The van der Waals surface area contributed by atoms with Gasteiger partial charge in [0.1, 0.15) is 46.1 Å². The van der Waals surface area contributed by atoms with Crippen molar-refractivity contribution in [1.82, 2.24) is 20.6 Å². The number of carboxylic acids is 1. The summed E-state index contributed by atoms with van der Waals surface area (Å²) in [5, 5.41) is 36.9. The first kappa shape index (κ1) is 71.5. The van der Waals surface area contributed by atoms with E-state index < -0.39 is 11.9 Å². The third-order valence-electron chi connectivity index (χ3n) is 14.4. The van der Waals surface area contributed by atoms with Gasteiger partial charge in [0.05, 0.1) is 36.6 Å². The molecule has 0 saturated carbocycles. The number of nitrogens with one attached hydrogen (secondary N) is 4. The summed E-state index contributed by atoms with van der Waals surface area (Å²) >= 11 is 0. The number of aldehydes is 1. The molecule has 482 valence electrons. The molecule has 92 heavy (non-hydrogen) atoms. The van der Waals surface area contributed by atoms with E-state index in [0.29, 0.717) is 53.3 Å². The average Bonchev–Trinajstić information content (AvgIpc) is 4.11. The van der Waals surface area contributed by atoms with E-state index in [2.05, 4.69) is 64.4 Å². The Morgan fingerprint density at radius 3 is 1.13 bits per heavy atom. The van der Waals surface area contributed by atoms with Crippen LogP contribution in [0.1, 0.15) is 137 Å². The van der Waals surface area contributed by atoms with Gasteiger partial charge in [-0.3, -0.25) is 9.59 Å². The standard InChI is InChI=1S/C21H23N3O2.C14H16N2O3.C13H14N2O3.C9H8O3.C8H11N.C5H8N2O/c1-13-6-5-7-19(14(13)2)23-21(25)18-10-8-17(9-11-18)12-22-20-15(3)24-26-16(20)4;1-9-13(10(2)19-16-9)15-8-11-4-6-12(7-5-11)14(17)18-3;1-8-12(9(2)18-15-8)14-7-10-3-5-11(6-4-10)13(16)17;1-12-9(11)8-4-2-7(6-10)3-5-8;1-6-4-3-5-8(9)7(6)2;1-3-5(6)4(2)8-7-3/h5-11,22H,12H2,1-4H3,(H,23,25);4-7,15H,8H2,1-3H3;3-6,14H,7H2,1-2H3,(H,16,17);2-6H,1H3;3-5H,9H2,1-2H3;6H2,1-2H3.